The van der Waals surface area contributed by atoms with E-state index in [1.807, 2.05) is 18.2 Å². The van der Waals surface area contributed by atoms with Gasteiger partial charge in [0.15, 0.2) is 0 Å². The van der Waals surface area contributed by atoms with Crippen molar-refractivity contribution in [3.63, 3.8) is 0 Å². The SMILES string of the molecule is COc1ccc(C(NN)c2cncnc2)cc1Br. The molecule has 18 heavy (non-hydrogen) atoms. The number of hydrogen-bond donors (Lipinski definition) is 2. The number of nitrogens with zero attached hydrogens (tertiary/aromatic N) is 2. The van der Waals surface area contributed by atoms with Crippen molar-refractivity contribution in [2.75, 3.05) is 7.11 Å². The second-order valence-electron chi connectivity index (χ2n) is 3.67. The molecule has 0 saturated carbocycles. The molecule has 5 nitrogen and oxygen atoms in total. The lowest BCUT2D eigenvalue weighted by molar-refractivity contribution is 0.411. The Balaban J connectivity index is 2.37. The van der Waals surface area contributed by atoms with Gasteiger partial charge >= 0.3 is 0 Å². The van der Waals surface area contributed by atoms with Gasteiger partial charge in [-0.3, -0.25) is 5.84 Å². The predicted molar refractivity (Wildman–Crippen MR) is 71.9 cm³/mol. The smallest absolute Gasteiger partial charge is 0.133 e. The maximum atomic E-state index is 5.61. The highest BCUT2D eigenvalue weighted by Gasteiger charge is 2.14. The largest absolute Gasteiger partial charge is 0.496 e. The van der Waals surface area contributed by atoms with E-state index in [0.717, 1.165) is 21.3 Å². The van der Waals surface area contributed by atoms with Crippen LogP contribution in [0.4, 0.5) is 0 Å². The molecule has 94 valence electrons. The number of nitrogens with one attached hydrogen (secondary N) is 1. The third-order valence-corrected chi connectivity index (χ3v) is 3.21. The molecule has 0 saturated heterocycles. The maximum absolute atomic E-state index is 5.61. The van der Waals surface area contributed by atoms with E-state index in [1.165, 1.54) is 6.33 Å². The van der Waals surface area contributed by atoms with Gasteiger partial charge < -0.3 is 4.74 Å². The Kier molecular flexibility index (Phi) is 4.24. The van der Waals surface area contributed by atoms with Crippen LogP contribution in [0.15, 0.2) is 41.4 Å². The minimum atomic E-state index is -0.159. The number of nitrogens with two attached hydrogens (primary N) is 1. The molecule has 0 aliphatic carbocycles. The number of benzene rings is 1. The Bertz CT molecular complexity index is 521. The molecule has 0 amide bonds. The Morgan fingerprint density at radius 2 is 2.00 bits per heavy atom. The first kappa shape index (κ1) is 12.9. The van der Waals surface area contributed by atoms with Gasteiger partial charge in [-0.15, -0.1) is 0 Å². The summed E-state index contributed by atoms with van der Waals surface area (Å²) in [4.78, 5) is 7.98. The lowest BCUT2D eigenvalue weighted by Gasteiger charge is -2.17. The number of rotatable bonds is 4. The molecule has 1 atom stereocenters. The van der Waals surface area contributed by atoms with Crippen molar-refractivity contribution in [3.05, 3.63) is 52.5 Å². The molecule has 0 radical (unpaired) electrons. The van der Waals surface area contributed by atoms with Crippen LogP contribution in [0.5, 0.6) is 5.75 Å². The number of hydrogen-bond acceptors (Lipinski definition) is 5. The summed E-state index contributed by atoms with van der Waals surface area (Å²) in [6.07, 6.45) is 4.95. The normalized spacial score (nSPS) is 12.2. The van der Waals surface area contributed by atoms with Crippen molar-refractivity contribution in [1.82, 2.24) is 15.4 Å². The summed E-state index contributed by atoms with van der Waals surface area (Å²) >= 11 is 3.45. The summed E-state index contributed by atoms with van der Waals surface area (Å²) in [6.45, 7) is 0. The lowest BCUT2D eigenvalue weighted by atomic mass is 10.0. The first-order valence-electron chi connectivity index (χ1n) is 5.30. The molecule has 6 heteroatoms. The number of aromatic nitrogens is 2. The monoisotopic (exact) mass is 308 g/mol. The van der Waals surface area contributed by atoms with Crippen LogP contribution in [0.1, 0.15) is 17.2 Å². The summed E-state index contributed by atoms with van der Waals surface area (Å²) in [5.74, 6) is 6.38. The molecule has 1 aromatic heterocycles. The van der Waals surface area contributed by atoms with E-state index in [1.54, 1.807) is 19.5 Å². The lowest BCUT2D eigenvalue weighted by Crippen LogP contribution is -2.29. The first-order chi connectivity index (χ1) is 8.76. The van der Waals surface area contributed by atoms with Crippen LogP contribution < -0.4 is 16.0 Å². The maximum Gasteiger partial charge on any atom is 0.133 e. The van der Waals surface area contributed by atoms with Crippen molar-refractivity contribution < 1.29 is 4.74 Å². The molecule has 1 aromatic carbocycles. The van der Waals surface area contributed by atoms with Crippen LogP contribution >= 0.6 is 15.9 Å². The molecule has 0 aliphatic rings. The second-order valence-corrected chi connectivity index (χ2v) is 4.52. The standard InChI is InChI=1S/C12H13BrN4O/c1-18-11-3-2-8(4-10(11)13)12(17-14)9-5-15-7-16-6-9/h2-7,12,17H,14H2,1H3. The minimum Gasteiger partial charge on any atom is -0.496 e. The molecule has 2 rings (SSSR count). The average Bonchev–Trinajstić information content (AvgIpc) is 2.41. The summed E-state index contributed by atoms with van der Waals surface area (Å²) in [7, 11) is 1.63. The third-order valence-electron chi connectivity index (χ3n) is 2.59. The quantitative estimate of drug-likeness (QED) is 0.665. The summed E-state index contributed by atoms with van der Waals surface area (Å²) in [5.41, 5.74) is 4.66. The van der Waals surface area contributed by atoms with Gasteiger partial charge in [-0.05, 0) is 33.6 Å². The second kappa shape index (κ2) is 5.90. The molecule has 0 spiro atoms. The molecule has 3 N–H and O–H groups in total. The van der Waals surface area contributed by atoms with Gasteiger partial charge in [0.2, 0.25) is 0 Å². The van der Waals surface area contributed by atoms with Crippen molar-refractivity contribution >= 4 is 15.9 Å². The Morgan fingerprint density at radius 1 is 1.28 bits per heavy atom. The summed E-state index contributed by atoms with van der Waals surface area (Å²) in [5, 5.41) is 0. The Labute approximate surface area is 113 Å². The van der Waals surface area contributed by atoms with E-state index < -0.39 is 0 Å². The highest BCUT2D eigenvalue weighted by Crippen LogP contribution is 2.29. The average molecular weight is 309 g/mol. The van der Waals surface area contributed by atoms with Crippen molar-refractivity contribution in [2.45, 2.75) is 6.04 Å². The predicted octanol–water partition coefficient (Wildman–Crippen LogP) is 1.80. The zero-order valence-corrected chi connectivity index (χ0v) is 11.4. The minimum absolute atomic E-state index is 0.159. The molecule has 2 aromatic rings. The molecule has 1 heterocycles. The van der Waals surface area contributed by atoms with Crippen LogP contribution in [-0.4, -0.2) is 17.1 Å². The highest BCUT2D eigenvalue weighted by atomic mass is 79.9. The van der Waals surface area contributed by atoms with Gasteiger partial charge in [0.05, 0.1) is 17.6 Å². The van der Waals surface area contributed by atoms with E-state index in [9.17, 15) is 0 Å². The molecule has 0 fully saturated rings. The number of methoxy groups -OCH3 is 1. The van der Waals surface area contributed by atoms with Crippen LogP contribution in [-0.2, 0) is 0 Å². The van der Waals surface area contributed by atoms with Gasteiger partial charge in [0, 0.05) is 18.0 Å². The van der Waals surface area contributed by atoms with Crippen LogP contribution in [0.2, 0.25) is 0 Å². The van der Waals surface area contributed by atoms with Crippen LogP contribution in [0, 0.1) is 0 Å². The van der Waals surface area contributed by atoms with Gasteiger partial charge in [-0.25, -0.2) is 15.4 Å². The Hall–Kier alpha value is -1.50. The zero-order chi connectivity index (χ0) is 13.0. The van der Waals surface area contributed by atoms with E-state index >= 15 is 0 Å². The van der Waals surface area contributed by atoms with E-state index in [4.69, 9.17) is 10.6 Å². The Morgan fingerprint density at radius 3 is 2.56 bits per heavy atom. The number of ether oxygens (including phenoxy) is 1. The summed E-state index contributed by atoms with van der Waals surface area (Å²) < 4.78 is 6.07. The van der Waals surface area contributed by atoms with E-state index in [0.29, 0.717) is 0 Å². The topological polar surface area (TPSA) is 73.1 Å². The first-order valence-corrected chi connectivity index (χ1v) is 6.10. The van der Waals surface area contributed by atoms with Gasteiger partial charge in [0.25, 0.3) is 0 Å². The summed E-state index contributed by atoms with van der Waals surface area (Å²) in [6, 6.07) is 5.62. The van der Waals surface area contributed by atoms with E-state index in [2.05, 4.69) is 31.3 Å². The highest BCUT2D eigenvalue weighted by molar-refractivity contribution is 9.10. The fraction of sp³-hybridized carbons (Fsp3) is 0.167. The molecular formula is C12H13BrN4O. The molecular weight excluding hydrogens is 296 g/mol. The van der Waals surface area contributed by atoms with Crippen molar-refractivity contribution in [2.24, 2.45) is 5.84 Å². The fourth-order valence-corrected chi connectivity index (χ4v) is 2.27. The van der Waals surface area contributed by atoms with Gasteiger partial charge in [-0.2, -0.15) is 0 Å². The fourth-order valence-electron chi connectivity index (χ4n) is 1.71. The number of halogens is 1. The third kappa shape index (κ3) is 2.66. The van der Waals surface area contributed by atoms with Crippen molar-refractivity contribution in [1.29, 1.82) is 0 Å². The van der Waals surface area contributed by atoms with Gasteiger partial charge in [-0.1, -0.05) is 6.07 Å². The molecule has 0 bridgehead atoms. The van der Waals surface area contributed by atoms with Gasteiger partial charge in [0.1, 0.15) is 12.1 Å². The number of hydrazine groups is 1. The van der Waals surface area contributed by atoms with Crippen LogP contribution in [0.25, 0.3) is 0 Å². The molecule has 0 aliphatic heterocycles. The van der Waals surface area contributed by atoms with E-state index in [-0.39, 0.29) is 6.04 Å². The molecule has 1 unspecified atom stereocenters. The van der Waals surface area contributed by atoms with Crippen molar-refractivity contribution in [3.8, 4) is 5.75 Å². The van der Waals surface area contributed by atoms with Crippen LogP contribution in [0.3, 0.4) is 0 Å². The zero-order valence-electron chi connectivity index (χ0n) is 9.80.